The fraction of sp³-hybridized carbons (Fsp3) is 0.556. The number of guanidine groups is 1. The normalized spacial score (nSPS) is 16.4. The molecule has 1 saturated heterocycles. The lowest BCUT2D eigenvalue weighted by Crippen LogP contribution is -2.49. The van der Waals surface area contributed by atoms with Gasteiger partial charge in [0.05, 0.1) is 0 Å². The molecule has 7 heteroatoms. The predicted octanol–water partition coefficient (Wildman–Crippen LogP) is 1.94. The number of carbonyl (C=O) groups excluding carboxylic acids is 1. The second kappa shape index (κ2) is 10.6. The molecule has 6 nitrogen and oxygen atoms in total. The summed E-state index contributed by atoms with van der Waals surface area (Å²) < 4.78 is 0. The van der Waals surface area contributed by atoms with Crippen molar-refractivity contribution in [2.45, 2.75) is 45.3 Å². The Kier molecular flexibility index (Phi) is 9.20. The number of aliphatic imine (C=N–C) groups is 1. The first-order valence-electron chi connectivity index (χ1n) is 8.59. The Balaban J connectivity index is 0.00000312. The van der Waals surface area contributed by atoms with E-state index >= 15 is 0 Å². The molecule has 4 N–H and O–H groups in total. The van der Waals surface area contributed by atoms with E-state index in [-0.39, 0.29) is 24.0 Å². The Morgan fingerprint density at radius 1 is 1.28 bits per heavy atom. The Hall–Kier alpha value is -1.35. The number of halogens is 1. The number of hydrogen-bond acceptors (Lipinski definition) is 3. The molecule has 0 aliphatic carbocycles. The highest BCUT2D eigenvalue weighted by Gasteiger charge is 2.21. The third-order valence-electron chi connectivity index (χ3n) is 4.52. The highest BCUT2D eigenvalue weighted by molar-refractivity contribution is 14.0. The Bertz CT molecular complexity index is 565. The lowest BCUT2D eigenvalue weighted by atomic mass is 10.0. The van der Waals surface area contributed by atoms with Gasteiger partial charge < -0.3 is 21.3 Å². The van der Waals surface area contributed by atoms with Crippen molar-refractivity contribution in [2.75, 3.05) is 20.1 Å². The molecule has 0 atom stereocenters. The van der Waals surface area contributed by atoms with E-state index in [1.54, 1.807) is 19.2 Å². The van der Waals surface area contributed by atoms with Gasteiger partial charge in [-0.05, 0) is 44.4 Å². The number of benzene rings is 1. The van der Waals surface area contributed by atoms with E-state index in [4.69, 9.17) is 5.73 Å². The molecule has 0 spiro atoms. The van der Waals surface area contributed by atoms with Crippen LogP contribution in [0.15, 0.2) is 29.3 Å². The van der Waals surface area contributed by atoms with Crippen LogP contribution in [0.4, 0.5) is 0 Å². The van der Waals surface area contributed by atoms with Gasteiger partial charge in [-0.25, -0.2) is 0 Å². The average molecular weight is 459 g/mol. The lowest BCUT2D eigenvalue weighted by Gasteiger charge is -2.35. The van der Waals surface area contributed by atoms with Crippen LogP contribution in [0.3, 0.4) is 0 Å². The number of piperidine rings is 1. The Labute approximate surface area is 167 Å². The summed E-state index contributed by atoms with van der Waals surface area (Å²) in [5.41, 5.74) is 6.86. The summed E-state index contributed by atoms with van der Waals surface area (Å²) in [6, 6.07) is 8.38. The number of hydrogen-bond donors (Lipinski definition) is 3. The zero-order valence-corrected chi connectivity index (χ0v) is 17.6. The highest BCUT2D eigenvalue weighted by atomic mass is 127. The fourth-order valence-corrected chi connectivity index (χ4v) is 2.92. The summed E-state index contributed by atoms with van der Waals surface area (Å²) in [4.78, 5) is 17.9. The van der Waals surface area contributed by atoms with Crippen LogP contribution in [-0.2, 0) is 6.54 Å². The van der Waals surface area contributed by atoms with Crippen LogP contribution >= 0.6 is 24.0 Å². The van der Waals surface area contributed by atoms with E-state index in [1.807, 2.05) is 12.1 Å². The summed E-state index contributed by atoms with van der Waals surface area (Å²) in [5.74, 6) is 0.414. The molecular weight excluding hydrogens is 429 g/mol. The molecule has 0 unspecified atom stereocenters. The van der Waals surface area contributed by atoms with Gasteiger partial charge in [0.25, 0.3) is 0 Å². The first kappa shape index (κ1) is 21.7. The summed E-state index contributed by atoms with van der Waals surface area (Å²) in [6.07, 6.45) is 2.26. The molecular formula is C18H30IN5O. The minimum absolute atomic E-state index is 0. The van der Waals surface area contributed by atoms with E-state index in [2.05, 4.69) is 34.4 Å². The highest BCUT2D eigenvalue weighted by Crippen LogP contribution is 2.12. The van der Waals surface area contributed by atoms with Gasteiger partial charge in [0, 0.05) is 44.3 Å². The number of primary amides is 1. The molecule has 0 saturated carbocycles. The first-order valence-corrected chi connectivity index (χ1v) is 8.59. The average Bonchev–Trinajstić information content (AvgIpc) is 2.59. The Morgan fingerprint density at radius 2 is 1.88 bits per heavy atom. The summed E-state index contributed by atoms with van der Waals surface area (Å²) in [7, 11) is 1.79. The largest absolute Gasteiger partial charge is 0.366 e. The van der Waals surface area contributed by atoms with E-state index in [0.717, 1.165) is 37.5 Å². The molecule has 2 rings (SSSR count). The van der Waals surface area contributed by atoms with Crippen LogP contribution in [0.25, 0.3) is 0 Å². The predicted molar refractivity (Wildman–Crippen MR) is 113 cm³/mol. The van der Waals surface area contributed by atoms with Crippen LogP contribution in [0, 0.1) is 0 Å². The monoisotopic (exact) mass is 459 g/mol. The molecule has 0 radical (unpaired) electrons. The summed E-state index contributed by atoms with van der Waals surface area (Å²) in [6.45, 7) is 7.40. The molecule has 140 valence electrons. The topological polar surface area (TPSA) is 82.7 Å². The number of carbonyl (C=O) groups is 1. The van der Waals surface area contributed by atoms with Gasteiger partial charge in [0.2, 0.25) is 5.91 Å². The zero-order chi connectivity index (χ0) is 17.5. The number of nitrogens with one attached hydrogen (secondary N) is 2. The Morgan fingerprint density at radius 3 is 2.36 bits per heavy atom. The molecule has 1 amide bonds. The fourth-order valence-electron chi connectivity index (χ4n) is 2.92. The second-order valence-electron chi connectivity index (χ2n) is 6.54. The van der Waals surface area contributed by atoms with Gasteiger partial charge in [-0.15, -0.1) is 24.0 Å². The van der Waals surface area contributed by atoms with Crippen LogP contribution in [0.5, 0.6) is 0 Å². The van der Waals surface area contributed by atoms with Crippen molar-refractivity contribution in [2.24, 2.45) is 10.7 Å². The van der Waals surface area contributed by atoms with Crippen molar-refractivity contribution in [1.82, 2.24) is 15.5 Å². The van der Waals surface area contributed by atoms with Gasteiger partial charge in [0.15, 0.2) is 5.96 Å². The summed E-state index contributed by atoms with van der Waals surface area (Å²) >= 11 is 0. The molecule has 0 aromatic heterocycles. The van der Waals surface area contributed by atoms with Gasteiger partial charge in [0.1, 0.15) is 0 Å². The SMILES string of the molecule is CN=C(NCc1ccc(C(N)=O)cc1)NC1CCN(C(C)C)CC1.I. The summed E-state index contributed by atoms with van der Waals surface area (Å²) in [5, 5.41) is 6.83. The van der Waals surface area contributed by atoms with E-state index in [9.17, 15) is 4.79 Å². The van der Waals surface area contributed by atoms with Crippen molar-refractivity contribution in [3.8, 4) is 0 Å². The molecule has 1 heterocycles. The van der Waals surface area contributed by atoms with E-state index in [1.165, 1.54) is 0 Å². The molecule has 1 aliphatic rings. The van der Waals surface area contributed by atoms with Crippen molar-refractivity contribution >= 4 is 35.8 Å². The maximum Gasteiger partial charge on any atom is 0.248 e. The van der Waals surface area contributed by atoms with Crippen molar-refractivity contribution in [3.05, 3.63) is 35.4 Å². The van der Waals surface area contributed by atoms with Gasteiger partial charge in [-0.3, -0.25) is 9.79 Å². The van der Waals surface area contributed by atoms with Gasteiger partial charge in [-0.1, -0.05) is 12.1 Å². The molecule has 25 heavy (non-hydrogen) atoms. The lowest BCUT2D eigenvalue weighted by molar-refractivity contribution is 0.100. The second-order valence-corrected chi connectivity index (χ2v) is 6.54. The van der Waals surface area contributed by atoms with Crippen LogP contribution < -0.4 is 16.4 Å². The van der Waals surface area contributed by atoms with E-state index in [0.29, 0.717) is 24.2 Å². The van der Waals surface area contributed by atoms with Crippen LogP contribution in [0.1, 0.15) is 42.6 Å². The van der Waals surface area contributed by atoms with Crippen LogP contribution in [-0.4, -0.2) is 49.0 Å². The third kappa shape index (κ3) is 6.81. The third-order valence-corrected chi connectivity index (χ3v) is 4.52. The van der Waals surface area contributed by atoms with Gasteiger partial charge >= 0.3 is 0 Å². The van der Waals surface area contributed by atoms with Crippen molar-refractivity contribution < 1.29 is 4.79 Å². The van der Waals surface area contributed by atoms with Crippen molar-refractivity contribution in [3.63, 3.8) is 0 Å². The number of amides is 1. The molecule has 1 aliphatic heterocycles. The minimum Gasteiger partial charge on any atom is -0.366 e. The maximum absolute atomic E-state index is 11.1. The standard InChI is InChI=1S/C18H29N5O.HI/c1-13(2)23-10-8-16(9-11-23)22-18(20-3)21-12-14-4-6-15(7-5-14)17(19)24;/h4-7,13,16H,8-12H2,1-3H3,(H2,19,24)(H2,20,21,22);1H. The zero-order valence-electron chi connectivity index (χ0n) is 15.3. The molecule has 1 fully saturated rings. The number of rotatable bonds is 5. The molecule has 1 aromatic rings. The first-order chi connectivity index (χ1) is 11.5. The van der Waals surface area contributed by atoms with E-state index < -0.39 is 5.91 Å². The maximum atomic E-state index is 11.1. The minimum atomic E-state index is -0.403. The molecule has 0 bridgehead atoms. The number of nitrogens with zero attached hydrogens (tertiary/aromatic N) is 2. The van der Waals surface area contributed by atoms with Gasteiger partial charge in [-0.2, -0.15) is 0 Å². The smallest absolute Gasteiger partial charge is 0.248 e. The van der Waals surface area contributed by atoms with Crippen LogP contribution in [0.2, 0.25) is 0 Å². The number of nitrogens with two attached hydrogens (primary N) is 1. The number of likely N-dealkylation sites (tertiary alicyclic amines) is 1. The van der Waals surface area contributed by atoms with Crippen molar-refractivity contribution in [1.29, 1.82) is 0 Å². The molecule has 1 aromatic carbocycles. The quantitative estimate of drug-likeness (QED) is 0.357.